The van der Waals surface area contributed by atoms with Crippen LogP contribution in [0.5, 0.6) is 0 Å². The molecule has 0 aliphatic rings. The molecule has 0 aliphatic carbocycles. The van der Waals surface area contributed by atoms with E-state index >= 15 is 0 Å². The van der Waals surface area contributed by atoms with Gasteiger partial charge in [0.05, 0.1) is 0 Å². The largest absolute Gasteiger partial charge is 0.369 e. The molecule has 0 spiro atoms. The van der Waals surface area contributed by atoms with Gasteiger partial charge in [-0.05, 0) is 6.42 Å². The Bertz CT molecular complexity index is 205. The molecule has 11 heavy (non-hydrogen) atoms. The van der Waals surface area contributed by atoms with Crippen molar-refractivity contribution in [2.75, 3.05) is 11.9 Å². The van der Waals surface area contributed by atoms with E-state index in [1.165, 1.54) is 12.8 Å². The number of unbranched alkanes of at least 4 members (excludes halogenated alkanes) is 1. The molecule has 0 unspecified atom stereocenters. The summed E-state index contributed by atoms with van der Waals surface area (Å²) in [6, 6.07) is 1.98. The second-order valence-electron chi connectivity index (χ2n) is 2.65. The molecule has 1 heterocycles. The topological polar surface area (TPSA) is 29.9 Å². The predicted molar refractivity (Wildman–Crippen MR) is 46.6 cm³/mol. The van der Waals surface area contributed by atoms with Crippen LogP contribution in [0.15, 0.2) is 12.3 Å². The third-order valence-electron chi connectivity index (χ3n) is 1.55. The molecule has 0 bridgehead atoms. The third kappa shape index (κ3) is 2.62. The normalized spacial score (nSPS) is 10.0. The van der Waals surface area contributed by atoms with Gasteiger partial charge in [0.15, 0.2) is 0 Å². The summed E-state index contributed by atoms with van der Waals surface area (Å²) in [5.74, 6) is 0.973. The van der Waals surface area contributed by atoms with Crippen molar-refractivity contribution in [3.05, 3.63) is 12.3 Å². The van der Waals surface area contributed by atoms with Crippen LogP contribution in [0.25, 0.3) is 0 Å². The van der Waals surface area contributed by atoms with Gasteiger partial charge in [0, 0.05) is 25.9 Å². The summed E-state index contributed by atoms with van der Waals surface area (Å²) < 4.78 is 1.80. The molecular formula is C8H15N3. The van der Waals surface area contributed by atoms with Gasteiger partial charge in [0.1, 0.15) is 5.82 Å². The number of anilines is 1. The second kappa shape index (κ2) is 4.01. The van der Waals surface area contributed by atoms with Crippen LogP contribution in [0.3, 0.4) is 0 Å². The van der Waals surface area contributed by atoms with Crippen LogP contribution in [0, 0.1) is 0 Å². The molecule has 0 fully saturated rings. The van der Waals surface area contributed by atoms with Crippen molar-refractivity contribution in [1.29, 1.82) is 0 Å². The minimum Gasteiger partial charge on any atom is -0.369 e. The lowest BCUT2D eigenvalue weighted by Crippen LogP contribution is -2.01. The molecule has 62 valence electrons. The van der Waals surface area contributed by atoms with Crippen LogP contribution in [0.2, 0.25) is 0 Å². The standard InChI is InChI=1S/C8H15N3/c1-3-4-6-9-8-5-7-11(2)10-8/h5,7H,3-4,6H2,1-2H3,(H,9,10). The summed E-state index contributed by atoms with van der Waals surface area (Å²) in [6.07, 6.45) is 4.37. The maximum atomic E-state index is 4.19. The molecule has 0 amide bonds. The monoisotopic (exact) mass is 153 g/mol. The molecule has 1 rings (SSSR count). The number of rotatable bonds is 4. The van der Waals surface area contributed by atoms with Crippen LogP contribution < -0.4 is 5.32 Å². The lowest BCUT2D eigenvalue weighted by molar-refractivity contribution is 0.763. The van der Waals surface area contributed by atoms with Gasteiger partial charge in [-0.25, -0.2) is 0 Å². The first-order valence-corrected chi connectivity index (χ1v) is 4.06. The number of nitrogens with zero attached hydrogens (tertiary/aromatic N) is 2. The lowest BCUT2D eigenvalue weighted by atomic mass is 10.3. The van der Waals surface area contributed by atoms with Gasteiger partial charge in [-0.15, -0.1) is 0 Å². The summed E-state index contributed by atoms with van der Waals surface area (Å²) in [6.45, 7) is 3.20. The fraction of sp³-hybridized carbons (Fsp3) is 0.625. The molecule has 0 aliphatic heterocycles. The highest BCUT2D eigenvalue weighted by atomic mass is 15.3. The number of nitrogens with one attached hydrogen (secondary N) is 1. The smallest absolute Gasteiger partial charge is 0.147 e. The van der Waals surface area contributed by atoms with Crippen molar-refractivity contribution in [3.8, 4) is 0 Å². The van der Waals surface area contributed by atoms with Crippen molar-refractivity contribution >= 4 is 5.82 Å². The number of aryl methyl sites for hydroxylation is 1. The van der Waals surface area contributed by atoms with Crippen molar-refractivity contribution in [2.24, 2.45) is 7.05 Å². The Morgan fingerprint density at radius 1 is 1.64 bits per heavy atom. The first kappa shape index (κ1) is 8.11. The highest BCUT2D eigenvalue weighted by molar-refractivity contribution is 5.31. The molecular weight excluding hydrogens is 138 g/mol. The van der Waals surface area contributed by atoms with Crippen LogP contribution in [-0.4, -0.2) is 16.3 Å². The maximum absolute atomic E-state index is 4.19. The predicted octanol–water partition coefficient (Wildman–Crippen LogP) is 1.63. The van der Waals surface area contributed by atoms with E-state index in [4.69, 9.17) is 0 Å². The molecule has 1 aromatic rings. The van der Waals surface area contributed by atoms with E-state index in [0.29, 0.717) is 0 Å². The maximum Gasteiger partial charge on any atom is 0.147 e. The third-order valence-corrected chi connectivity index (χ3v) is 1.55. The molecule has 1 aromatic heterocycles. The average molecular weight is 153 g/mol. The number of aromatic nitrogens is 2. The van der Waals surface area contributed by atoms with E-state index in [1.807, 2.05) is 19.3 Å². The Hall–Kier alpha value is -0.990. The van der Waals surface area contributed by atoms with Gasteiger partial charge in [-0.3, -0.25) is 4.68 Å². The van der Waals surface area contributed by atoms with E-state index in [2.05, 4.69) is 17.3 Å². The molecule has 3 nitrogen and oxygen atoms in total. The SMILES string of the molecule is CCCCNc1ccn(C)n1. The Labute approximate surface area is 67.4 Å². The van der Waals surface area contributed by atoms with Crippen LogP contribution in [0.1, 0.15) is 19.8 Å². The molecule has 0 saturated heterocycles. The molecule has 0 aromatic carbocycles. The highest BCUT2D eigenvalue weighted by Gasteiger charge is 1.92. The molecule has 0 saturated carbocycles. The van der Waals surface area contributed by atoms with Crippen molar-refractivity contribution < 1.29 is 0 Å². The first-order chi connectivity index (χ1) is 5.33. The van der Waals surface area contributed by atoms with Crippen LogP contribution in [-0.2, 0) is 7.05 Å². The van der Waals surface area contributed by atoms with E-state index in [-0.39, 0.29) is 0 Å². The quantitative estimate of drug-likeness (QED) is 0.666. The van der Waals surface area contributed by atoms with Gasteiger partial charge in [0.2, 0.25) is 0 Å². The highest BCUT2D eigenvalue weighted by Crippen LogP contribution is 2.00. The second-order valence-corrected chi connectivity index (χ2v) is 2.65. The Morgan fingerprint density at radius 3 is 3.00 bits per heavy atom. The Morgan fingerprint density at radius 2 is 2.45 bits per heavy atom. The van der Waals surface area contributed by atoms with Crippen molar-refractivity contribution in [3.63, 3.8) is 0 Å². The summed E-state index contributed by atoms with van der Waals surface area (Å²) in [4.78, 5) is 0. The number of hydrogen-bond donors (Lipinski definition) is 1. The van der Waals surface area contributed by atoms with Crippen molar-refractivity contribution in [1.82, 2.24) is 9.78 Å². The molecule has 0 radical (unpaired) electrons. The van der Waals surface area contributed by atoms with E-state index in [0.717, 1.165) is 12.4 Å². The number of hydrogen-bond acceptors (Lipinski definition) is 2. The summed E-state index contributed by atoms with van der Waals surface area (Å²) >= 11 is 0. The minimum atomic E-state index is 0.973. The zero-order valence-corrected chi connectivity index (χ0v) is 7.17. The van der Waals surface area contributed by atoms with Crippen LogP contribution in [0.4, 0.5) is 5.82 Å². The van der Waals surface area contributed by atoms with Gasteiger partial charge in [0.25, 0.3) is 0 Å². The van der Waals surface area contributed by atoms with Gasteiger partial charge >= 0.3 is 0 Å². The van der Waals surface area contributed by atoms with Crippen LogP contribution >= 0.6 is 0 Å². The fourth-order valence-corrected chi connectivity index (χ4v) is 0.903. The lowest BCUT2D eigenvalue weighted by Gasteiger charge is -1.99. The van der Waals surface area contributed by atoms with Crippen molar-refractivity contribution in [2.45, 2.75) is 19.8 Å². The van der Waals surface area contributed by atoms with E-state index < -0.39 is 0 Å². The zero-order valence-electron chi connectivity index (χ0n) is 7.17. The Balaban J connectivity index is 2.27. The molecule has 1 N–H and O–H groups in total. The van der Waals surface area contributed by atoms with E-state index in [1.54, 1.807) is 4.68 Å². The Kier molecular flexibility index (Phi) is 2.95. The van der Waals surface area contributed by atoms with Gasteiger partial charge in [-0.1, -0.05) is 13.3 Å². The zero-order chi connectivity index (χ0) is 8.10. The average Bonchev–Trinajstić information content (AvgIpc) is 2.37. The molecule has 0 atom stereocenters. The summed E-state index contributed by atoms with van der Waals surface area (Å²) in [5.41, 5.74) is 0. The van der Waals surface area contributed by atoms with Gasteiger partial charge in [-0.2, -0.15) is 5.10 Å². The molecule has 3 heteroatoms. The summed E-state index contributed by atoms with van der Waals surface area (Å²) in [7, 11) is 1.92. The van der Waals surface area contributed by atoms with E-state index in [9.17, 15) is 0 Å². The minimum absolute atomic E-state index is 0.973. The fourth-order valence-electron chi connectivity index (χ4n) is 0.903. The first-order valence-electron chi connectivity index (χ1n) is 4.06. The summed E-state index contributed by atoms with van der Waals surface area (Å²) in [5, 5.41) is 7.42. The van der Waals surface area contributed by atoms with Gasteiger partial charge < -0.3 is 5.32 Å².